The van der Waals surface area contributed by atoms with Crippen molar-refractivity contribution in [2.45, 2.75) is 47.4 Å². The number of hydrogen-bond acceptors (Lipinski definition) is 5. The van der Waals surface area contributed by atoms with Crippen LogP contribution in [0.3, 0.4) is 0 Å². The van der Waals surface area contributed by atoms with E-state index in [-0.39, 0.29) is 34.4 Å². The number of hydrogen-bond donors (Lipinski definition) is 1. The molecule has 33 heavy (non-hydrogen) atoms. The highest BCUT2D eigenvalue weighted by Gasteiger charge is 2.49. The van der Waals surface area contributed by atoms with Gasteiger partial charge in [0.15, 0.2) is 5.78 Å². The Hall–Kier alpha value is -2.06. The fourth-order valence-corrected chi connectivity index (χ4v) is 8.72. The van der Waals surface area contributed by atoms with Crippen LogP contribution in [0.2, 0.25) is 0 Å². The molecule has 0 saturated carbocycles. The maximum Gasteiger partial charge on any atom is 0.166 e. The van der Waals surface area contributed by atoms with Crippen LogP contribution in [0.5, 0.6) is 0 Å². The molecule has 170 valence electrons. The molecule has 0 spiro atoms. The van der Waals surface area contributed by atoms with Gasteiger partial charge in [0, 0.05) is 34.7 Å². The van der Waals surface area contributed by atoms with Crippen molar-refractivity contribution in [2.24, 2.45) is 0 Å². The van der Waals surface area contributed by atoms with Crippen molar-refractivity contribution in [2.75, 3.05) is 13.1 Å². The van der Waals surface area contributed by atoms with Crippen molar-refractivity contribution in [1.29, 1.82) is 0 Å². The topological polar surface area (TPSA) is 32.3 Å². The normalized spacial score (nSPS) is 27.1. The summed E-state index contributed by atoms with van der Waals surface area (Å²) in [5.41, 5.74) is 3.72. The number of benzene rings is 2. The summed E-state index contributed by atoms with van der Waals surface area (Å²) < 4.78 is 28.1. The third-order valence-electron chi connectivity index (χ3n) is 7.21. The zero-order valence-corrected chi connectivity index (χ0v) is 19.9. The third kappa shape index (κ3) is 3.48. The van der Waals surface area contributed by atoms with Gasteiger partial charge in [0.1, 0.15) is 17.3 Å². The van der Waals surface area contributed by atoms with Crippen LogP contribution in [-0.4, -0.2) is 23.8 Å². The molecule has 0 radical (unpaired) electrons. The van der Waals surface area contributed by atoms with E-state index in [4.69, 9.17) is 0 Å². The molecule has 2 aromatic carbocycles. The first-order chi connectivity index (χ1) is 15.9. The number of fused-ring (bicyclic) bond motifs is 5. The lowest BCUT2D eigenvalue weighted by molar-refractivity contribution is -0.0110. The zero-order chi connectivity index (χ0) is 22.7. The highest BCUT2D eigenvalue weighted by molar-refractivity contribution is 8.01. The first-order valence-corrected chi connectivity index (χ1v) is 13.0. The maximum atomic E-state index is 13.6. The van der Waals surface area contributed by atoms with Gasteiger partial charge in [-0.05, 0) is 67.3 Å². The quantitative estimate of drug-likeness (QED) is 0.471. The highest BCUT2D eigenvalue weighted by Crippen LogP contribution is 2.56. The summed E-state index contributed by atoms with van der Waals surface area (Å²) in [6.45, 7) is 4.09. The summed E-state index contributed by atoms with van der Waals surface area (Å²) in [5.74, 6) is -0.330. The molecular weight excluding hydrogens is 458 g/mol. The van der Waals surface area contributed by atoms with Gasteiger partial charge in [0.2, 0.25) is 0 Å². The molecule has 7 heteroatoms. The molecule has 0 bridgehead atoms. The minimum absolute atomic E-state index is 0.00169. The standard InChI is InChI=1S/C26H24F2N2OS2/c1-26-24-19(13-20(30(26)12-2-11-29-26)15-3-7-17(27)8-4-15)23-21(31)14-22(32-25(23)33-24)16-5-9-18(28)10-6-16/h3-10,20,22,29H,2,11-14H2,1H3. The van der Waals surface area contributed by atoms with Gasteiger partial charge in [0.05, 0.1) is 4.21 Å². The molecule has 6 rings (SSSR count). The van der Waals surface area contributed by atoms with E-state index in [1.807, 2.05) is 12.1 Å². The Labute approximate surface area is 200 Å². The molecule has 3 aliphatic rings. The van der Waals surface area contributed by atoms with Crippen LogP contribution >= 0.6 is 23.1 Å². The maximum absolute atomic E-state index is 13.6. The van der Waals surface area contributed by atoms with Crippen LogP contribution in [0.15, 0.2) is 52.7 Å². The van der Waals surface area contributed by atoms with Crippen molar-refractivity contribution in [1.82, 2.24) is 10.2 Å². The Balaban J connectivity index is 1.43. The second kappa shape index (κ2) is 8.01. The largest absolute Gasteiger partial charge is 0.295 e. The predicted molar refractivity (Wildman–Crippen MR) is 128 cm³/mol. The number of Topliss-reactive ketones (excluding diaryl/α,β-unsaturated/α-hetero) is 1. The molecule has 3 aliphatic heterocycles. The van der Waals surface area contributed by atoms with Gasteiger partial charge in [-0.3, -0.25) is 15.0 Å². The number of carbonyl (C=O) groups excluding carboxylic acids is 1. The fourth-order valence-electron chi connectivity index (χ4n) is 5.57. The number of carbonyl (C=O) groups is 1. The molecule has 4 heterocycles. The van der Waals surface area contributed by atoms with E-state index in [2.05, 4.69) is 17.1 Å². The van der Waals surface area contributed by atoms with Gasteiger partial charge in [-0.25, -0.2) is 8.78 Å². The molecule has 0 aliphatic carbocycles. The number of thiophene rings is 1. The van der Waals surface area contributed by atoms with Gasteiger partial charge >= 0.3 is 0 Å². The van der Waals surface area contributed by atoms with E-state index in [0.717, 1.165) is 52.4 Å². The smallest absolute Gasteiger partial charge is 0.166 e. The molecule has 3 nitrogen and oxygen atoms in total. The summed E-state index contributed by atoms with van der Waals surface area (Å²) in [7, 11) is 0. The van der Waals surface area contributed by atoms with Gasteiger partial charge in [0.25, 0.3) is 0 Å². The van der Waals surface area contributed by atoms with E-state index in [9.17, 15) is 13.6 Å². The summed E-state index contributed by atoms with van der Waals surface area (Å²) in [6, 6.07) is 13.4. The summed E-state index contributed by atoms with van der Waals surface area (Å²) in [5, 5.41) is 3.74. The number of halogens is 2. The molecule has 3 unspecified atom stereocenters. The molecule has 1 aromatic heterocycles. The second-order valence-electron chi connectivity index (χ2n) is 9.17. The SMILES string of the molecule is CC12NCCCN1C(c1ccc(F)cc1)Cc1c2sc2c1C(=O)CC(c1ccc(F)cc1)S2. The average Bonchev–Trinajstić information content (AvgIpc) is 3.19. The van der Waals surface area contributed by atoms with Gasteiger partial charge in [-0.15, -0.1) is 23.1 Å². The predicted octanol–water partition coefficient (Wildman–Crippen LogP) is 6.21. The Morgan fingerprint density at radius 1 is 1.00 bits per heavy atom. The van der Waals surface area contributed by atoms with Crippen LogP contribution in [0.25, 0.3) is 0 Å². The molecule has 1 fully saturated rings. The number of nitrogens with zero attached hydrogens (tertiary/aromatic N) is 1. The molecule has 0 amide bonds. The Morgan fingerprint density at radius 2 is 1.67 bits per heavy atom. The monoisotopic (exact) mass is 482 g/mol. The van der Waals surface area contributed by atoms with Crippen LogP contribution in [-0.2, 0) is 12.1 Å². The van der Waals surface area contributed by atoms with Crippen molar-refractivity contribution < 1.29 is 13.6 Å². The number of thioether (sulfide) groups is 1. The van der Waals surface area contributed by atoms with E-state index < -0.39 is 0 Å². The molecule has 3 aromatic rings. The Kier molecular flexibility index (Phi) is 5.21. The molecular formula is C26H24F2N2OS2. The number of nitrogens with one attached hydrogen (secondary N) is 1. The summed E-state index contributed by atoms with van der Waals surface area (Å²) in [6.07, 6.45) is 2.22. The first kappa shape index (κ1) is 21.5. The lowest BCUT2D eigenvalue weighted by atomic mass is 9.83. The van der Waals surface area contributed by atoms with E-state index in [1.54, 1.807) is 35.2 Å². The van der Waals surface area contributed by atoms with Gasteiger partial charge in [-0.2, -0.15) is 0 Å². The minimum Gasteiger partial charge on any atom is -0.295 e. The van der Waals surface area contributed by atoms with Crippen LogP contribution in [0.1, 0.15) is 63.0 Å². The van der Waals surface area contributed by atoms with Gasteiger partial charge < -0.3 is 0 Å². The molecule has 1 saturated heterocycles. The Bertz CT molecular complexity index is 1220. The zero-order valence-electron chi connectivity index (χ0n) is 18.2. The van der Waals surface area contributed by atoms with Crippen molar-refractivity contribution in [3.63, 3.8) is 0 Å². The van der Waals surface area contributed by atoms with Crippen molar-refractivity contribution in [3.8, 4) is 0 Å². The molecule has 3 atom stereocenters. The third-order valence-corrected chi connectivity index (χ3v) is 10.1. The van der Waals surface area contributed by atoms with Crippen molar-refractivity contribution in [3.05, 3.63) is 87.3 Å². The van der Waals surface area contributed by atoms with Crippen molar-refractivity contribution >= 4 is 28.9 Å². The van der Waals surface area contributed by atoms with E-state index in [1.165, 1.54) is 29.1 Å². The summed E-state index contributed by atoms with van der Waals surface area (Å²) >= 11 is 3.46. The van der Waals surface area contributed by atoms with Crippen LogP contribution < -0.4 is 5.32 Å². The molecule has 1 N–H and O–H groups in total. The fraction of sp³-hybridized carbons (Fsp3) is 0.346. The number of rotatable bonds is 2. The van der Waals surface area contributed by atoms with Crippen LogP contribution in [0.4, 0.5) is 8.78 Å². The average molecular weight is 483 g/mol. The lowest BCUT2D eigenvalue weighted by Gasteiger charge is -2.52. The van der Waals surface area contributed by atoms with Crippen LogP contribution in [0, 0.1) is 11.6 Å². The van der Waals surface area contributed by atoms with E-state index in [0.29, 0.717) is 6.42 Å². The highest BCUT2D eigenvalue weighted by atomic mass is 32.2. The Morgan fingerprint density at radius 3 is 2.36 bits per heavy atom. The first-order valence-electron chi connectivity index (χ1n) is 11.3. The lowest BCUT2D eigenvalue weighted by Crippen LogP contribution is -2.61. The second-order valence-corrected chi connectivity index (χ2v) is 11.7. The minimum atomic E-state index is -0.362. The summed E-state index contributed by atoms with van der Waals surface area (Å²) in [4.78, 5) is 17.2. The van der Waals surface area contributed by atoms with E-state index >= 15 is 0 Å². The van der Waals surface area contributed by atoms with Gasteiger partial charge in [-0.1, -0.05) is 24.3 Å². The number of ketones is 1.